The minimum absolute atomic E-state index is 0.0582. The minimum Gasteiger partial charge on any atom is -0.370 e. The zero-order valence-electron chi connectivity index (χ0n) is 9.44. The summed E-state index contributed by atoms with van der Waals surface area (Å²) in [5.41, 5.74) is 11.4. The summed E-state index contributed by atoms with van der Waals surface area (Å²) in [5.74, 6) is 0.202. The molecule has 0 radical (unpaired) electrons. The van der Waals surface area contributed by atoms with E-state index >= 15 is 0 Å². The molecule has 5 heteroatoms. The van der Waals surface area contributed by atoms with Crippen LogP contribution in [-0.4, -0.2) is 15.9 Å². The largest absolute Gasteiger partial charge is 0.370 e. The number of allylic oxidation sites excluding steroid dienone is 1. The van der Waals surface area contributed by atoms with E-state index < -0.39 is 0 Å². The average molecular weight is 217 g/mol. The number of rotatable bonds is 2. The van der Waals surface area contributed by atoms with Gasteiger partial charge in [-0.1, -0.05) is 18.7 Å². The molecule has 5 nitrogen and oxygen atoms in total. The molecule has 16 heavy (non-hydrogen) atoms. The molecule has 1 aromatic rings. The SMILES string of the molecule is C=C/C=c1/nc(N=C(N)N)nc(C)/c1=C/C. The molecule has 0 aliphatic heterocycles. The van der Waals surface area contributed by atoms with E-state index in [0.29, 0.717) is 0 Å². The van der Waals surface area contributed by atoms with Gasteiger partial charge in [0.1, 0.15) is 0 Å². The van der Waals surface area contributed by atoms with Gasteiger partial charge in [-0.2, -0.15) is 4.99 Å². The number of aliphatic imine (C=N–C) groups is 1. The van der Waals surface area contributed by atoms with Crippen molar-refractivity contribution >= 4 is 24.1 Å². The van der Waals surface area contributed by atoms with Gasteiger partial charge in [0.15, 0.2) is 5.96 Å². The lowest BCUT2D eigenvalue weighted by molar-refractivity contribution is 1.03. The van der Waals surface area contributed by atoms with Gasteiger partial charge in [-0.15, -0.1) is 0 Å². The fourth-order valence-electron chi connectivity index (χ4n) is 1.35. The van der Waals surface area contributed by atoms with E-state index in [-0.39, 0.29) is 11.9 Å². The molecule has 1 heterocycles. The number of hydrogen-bond donors (Lipinski definition) is 2. The van der Waals surface area contributed by atoms with E-state index in [1.807, 2.05) is 19.9 Å². The van der Waals surface area contributed by atoms with Gasteiger partial charge in [-0.05, 0) is 19.9 Å². The maximum absolute atomic E-state index is 5.28. The Morgan fingerprint density at radius 1 is 1.38 bits per heavy atom. The summed E-state index contributed by atoms with van der Waals surface area (Å²) in [7, 11) is 0. The van der Waals surface area contributed by atoms with E-state index in [2.05, 4.69) is 21.5 Å². The summed E-state index contributed by atoms with van der Waals surface area (Å²) in [4.78, 5) is 12.2. The van der Waals surface area contributed by atoms with Gasteiger partial charge in [0.25, 0.3) is 5.95 Å². The van der Waals surface area contributed by atoms with Crippen molar-refractivity contribution in [1.82, 2.24) is 9.97 Å². The average Bonchev–Trinajstić information content (AvgIpc) is 2.16. The maximum atomic E-state index is 5.28. The van der Waals surface area contributed by atoms with Crippen LogP contribution in [0.4, 0.5) is 5.95 Å². The summed E-state index contributed by atoms with van der Waals surface area (Å²) in [6, 6.07) is 0. The van der Waals surface area contributed by atoms with Crippen molar-refractivity contribution in [2.75, 3.05) is 0 Å². The lowest BCUT2D eigenvalue weighted by Gasteiger charge is -1.98. The fraction of sp³-hybridized carbons (Fsp3) is 0.182. The van der Waals surface area contributed by atoms with Crippen LogP contribution in [0, 0.1) is 6.92 Å². The van der Waals surface area contributed by atoms with Crippen LogP contribution in [0.3, 0.4) is 0 Å². The standard InChI is InChI=1S/C11H15N5/c1-4-6-9-8(5-2)7(3)14-11(15-9)16-10(12)13/h4-6H,1H2,2-3H3,(H4,12,13,15,16)/b8-5-,9-6+. The predicted octanol–water partition coefficient (Wildman–Crippen LogP) is -0.543. The van der Waals surface area contributed by atoms with Crippen molar-refractivity contribution in [2.45, 2.75) is 13.8 Å². The predicted molar refractivity (Wildman–Crippen MR) is 66.3 cm³/mol. The Bertz CT molecular complexity index is 538. The molecule has 1 rings (SSSR count). The highest BCUT2D eigenvalue weighted by atomic mass is 15.1. The first-order chi connectivity index (χ1) is 7.58. The highest BCUT2D eigenvalue weighted by molar-refractivity contribution is 5.77. The molecule has 0 fully saturated rings. The number of hydrogen-bond acceptors (Lipinski definition) is 3. The summed E-state index contributed by atoms with van der Waals surface area (Å²) in [5, 5.41) is 1.71. The van der Waals surface area contributed by atoms with Gasteiger partial charge in [0, 0.05) is 5.22 Å². The molecular formula is C11H15N5. The van der Waals surface area contributed by atoms with Crippen LogP contribution in [0.2, 0.25) is 0 Å². The van der Waals surface area contributed by atoms with Crippen molar-refractivity contribution in [3.8, 4) is 0 Å². The van der Waals surface area contributed by atoms with Gasteiger partial charge in [-0.25, -0.2) is 9.97 Å². The third kappa shape index (κ3) is 2.66. The Morgan fingerprint density at radius 3 is 2.56 bits per heavy atom. The van der Waals surface area contributed by atoms with Crippen molar-refractivity contribution in [2.24, 2.45) is 16.5 Å². The number of nitrogens with two attached hydrogens (primary N) is 2. The normalized spacial score (nSPS) is 12.6. The zero-order chi connectivity index (χ0) is 12.1. The smallest absolute Gasteiger partial charge is 0.253 e. The number of aromatic nitrogens is 2. The van der Waals surface area contributed by atoms with Crippen LogP contribution in [0.25, 0.3) is 12.2 Å². The highest BCUT2D eigenvalue weighted by Gasteiger charge is 1.99. The summed E-state index contributed by atoms with van der Waals surface area (Å²) in [6.07, 6.45) is 5.38. The third-order valence-electron chi connectivity index (χ3n) is 1.95. The monoisotopic (exact) mass is 217 g/mol. The Hall–Kier alpha value is -2.17. The van der Waals surface area contributed by atoms with Gasteiger partial charge >= 0.3 is 0 Å². The Morgan fingerprint density at radius 2 is 2.06 bits per heavy atom. The Kier molecular flexibility index (Phi) is 3.77. The van der Waals surface area contributed by atoms with E-state index in [4.69, 9.17) is 11.5 Å². The van der Waals surface area contributed by atoms with Crippen LogP contribution in [-0.2, 0) is 0 Å². The lowest BCUT2D eigenvalue weighted by Crippen LogP contribution is -2.32. The van der Waals surface area contributed by atoms with Crippen LogP contribution in [0.15, 0.2) is 17.6 Å². The van der Waals surface area contributed by atoms with E-state index in [1.54, 1.807) is 12.2 Å². The highest BCUT2D eigenvalue weighted by Crippen LogP contribution is 1.96. The van der Waals surface area contributed by atoms with Crippen molar-refractivity contribution in [3.63, 3.8) is 0 Å². The Labute approximate surface area is 93.9 Å². The van der Waals surface area contributed by atoms with Crippen molar-refractivity contribution in [3.05, 3.63) is 28.9 Å². The van der Waals surface area contributed by atoms with E-state index in [1.165, 1.54) is 0 Å². The van der Waals surface area contributed by atoms with Crippen molar-refractivity contribution in [1.29, 1.82) is 0 Å². The molecule has 1 aromatic heterocycles. The topological polar surface area (TPSA) is 90.2 Å². The fourth-order valence-corrected chi connectivity index (χ4v) is 1.35. The third-order valence-corrected chi connectivity index (χ3v) is 1.95. The van der Waals surface area contributed by atoms with Crippen LogP contribution in [0.5, 0.6) is 0 Å². The molecule has 0 amide bonds. The molecule has 0 aliphatic rings. The second kappa shape index (κ2) is 5.06. The molecule has 0 spiro atoms. The van der Waals surface area contributed by atoms with Gasteiger partial charge in [0.2, 0.25) is 0 Å². The van der Waals surface area contributed by atoms with E-state index in [0.717, 1.165) is 16.3 Å². The minimum atomic E-state index is -0.0582. The second-order valence-electron chi connectivity index (χ2n) is 3.14. The molecule has 0 bridgehead atoms. The Balaban J connectivity index is 3.60. The summed E-state index contributed by atoms with van der Waals surface area (Å²) in [6.45, 7) is 7.44. The first-order valence-electron chi connectivity index (χ1n) is 4.82. The molecule has 0 atom stereocenters. The molecule has 0 aliphatic carbocycles. The number of nitrogens with zero attached hydrogens (tertiary/aromatic N) is 3. The maximum Gasteiger partial charge on any atom is 0.253 e. The van der Waals surface area contributed by atoms with Gasteiger partial charge in [0.05, 0.1) is 11.0 Å². The zero-order valence-corrected chi connectivity index (χ0v) is 9.44. The van der Waals surface area contributed by atoms with E-state index in [9.17, 15) is 0 Å². The van der Waals surface area contributed by atoms with Crippen LogP contribution >= 0.6 is 0 Å². The lowest BCUT2D eigenvalue weighted by atomic mass is 10.3. The molecular weight excluding hydrogens is 202 g/mol. The van der Waals surface area contributed by atoms with Crippen LogP contribution < -0.4 is 22.0 Å². The molecule has 4 N–H and O–H groups in total. The summed E-state index contributed by atoms with van der Waals surface area (Å²) < 4.78 is 0. The quantitative estimate of drug-likeness (QED) is 0.514. The number of guanidine groups is 1. The molecule has 0 saturated heterocycles. The number of aryl methyl sites for hydroxylation is 1. The first-order valence-corrected chi connectivity index (χ1v) is 4.82. The molecule has 0 aromatic carbocycles. The molecule has 84 valence electrons. The van der Waals surface area contributed by atoms with Crippen molar-refractivity contribution < 1.29 is 0 Å². The first kappa shape index (κ1) is 11.9. The van der Waals surface area contributed by atoms with Gasteiger partial charge in [-0.3, -0.25) is 0 Å². The van der Waals surface area contributed by atoms with Gasteiger partial charge < -0.3 is 11.5 Å². The second-order valence-corrected chi connectivity index (χ2v) is 3.14. The molecule has 0 unspecified atom stereocenters. The molecule has 0 saturated carbocycles. The van der Waals surface area contributed by atoms with Crippen LogP contribution in [0.1, 0.15) is 12.6 Å². The summed E-state index contributed by atoms with van der Waals surface area (Å²) >= 11 is 0.